The molecule has 0 heterocycles. The van der Waals surface area contributed by atoms with Crippen LogP contribution < -0.4 is 5.19 Å². The van der Waals surface area contributed by atoms with Crippen molar-refractivity contribution in [2.24, 2.45) is 0 Å². The third-order valence-corrected chi connectivity index (χ3v) is 43.5. The van der Waals surface area contributed by atoms with Gasteiger partial charge in [0.05, 0.1) is 0 Å². The van der Waals surface area contributed by atoms with Crippen molar-refractivity contribution < 1.29 is 0 Å². The molecule has 0 aliphatic carbocycles. The first-order chi connectivity index (χ1) is 5.86. The Hall–Kier alpha value is 0.236. The van der Waals surface area contributed by atoms with E-state index in [4.69, 9.17) is 0 Å². The zero-order valence-electron chi connectivity index (χ0n) is 9.39. The van der Waals surface area contributed by atoms with E-state index in [1.165, 1.54) is 0 Å². The summed E-state index contributed by atoms with van der Waals surface area (Å²) in [5.74, 6) is 0. The van der Waals surface area contributed by atoms with Crippen LogP contribution in [0, 0.1) is 0 Å². The Bertz CT molecular complexity index is 272. The maximum absolute atomic E-state index is 2.56. The summed E-state index contributed by atoms with van der Waals surface area (Å²) in [5.41, 5.74) is -1.07. The Morgan fingerprint density at radius 3 is 1.77 bits per heavy atom. The van der Waals surface area contributed by atoms with Crippen molar-refractivity contribution in [1.82, 2.24) is 0 Å². The van der Waals surface area contributed by atoms with Crippen LogP contribution in [-0.4, -0.2) is 23.2 Å². The first-order valence-electron chi connectivity index (χ1n) is 4.91. The molecule has 0 atom stereocenters. The molecule has 0 spiro atoms. The standard InChI is InChI=1S/C8H11Si.3CH3.Sn/c1-9(2)8-6-4-3-5-7-8;;;;/h3-7H,1-2H3;3*1H3;. The Morgan fingerprint density at radius 2 is 1.38 bits per heavy atom. The molecule has 0 nitrogen and oxygen atoms in total. The summed E-state index contributed by atoms with van der Waals surface area (Å²) in [4.78, 5) is 7.69. The Morgan fingerprint density at radius 1 is 0.923 bits per heavy atom. The predicted octanol–water partition coefficient (Wildman–Crippen LogP) is 3.02. The van der Waals surface area contributed by atoms with Crippen molar-refractivity contribution in [3.05, 3.63) is 30.3 Å². The molecule has 0 aliphatic heterocycles. The molecule has 2 heteroatoms. The van der Waals surface area contributed by atoms with Crippen LogP contribution in [0.4, 0.5) is 0 Å². The van der Waals surface area contributed by atoms with E-state index in [0.717, 1.165) is 0 Å². The minimum atomic E-state index is -1.72. The van der Waals surface area contributed by atoms with Crippen molar-refractivity contribution in [2.75, 3.05) is 0 Å². The first kappa shape index (κ1) is 11.3. The molecule has 0 amide bonds. The fourth-order valence-corrected chi connectivity index (χ4v) is 12.0. The van der Waals surface area contributed by atoms with Crippen molar-refractivity contribution >= 4 is 28.4 Å². The summed E-state index contributed by atoms with van der Waals surface area (Å²) < 4.78 is 0. The molecule has 0 saturated carbocycles. The second kappa shape index (κ2) is 3.77. The summed E-state index contributed by atoms with van der Waals surface area (Å²) in [6.07, 6.45) is 0. The molecular formula is C11H20SiSn. The van der Waals surface area contributed by atoms with E-state index in [1.807, 2.05) is 0 Å². The van der Waals surface area contributed by atoms with Crippen LogP contribution in [0.3, 0.4) is 0 Å². The van der Waals surface area contributed by atoms with Gasteiger partial charge in [-0.15, -0.1) is 0 Å². The number of hydrogen-bond donors (Lipinski definition) is 0. The Labute approximate surface area is 86.3 Å². The molecule has 0 radical (unpaired) electrons. The van der Waals surface area contributed by atoms with Gasteiger partial charge in [-0.2, -0.15) is 0 Å². The van der Waals surface area contributed by atoms with Gasteiger partial charge in [-0.25, -0.2) is 0 Å². The van der Waals surface area contributed by atoms with E-state index in [2.05, 4.69) is 58.2 Å². The van der Waals surface area contributed by atoms with E-state index >= 15 is 0 Å². The van der Waals surface area contributed by atoms with Gasteiger partial charge in [0.1, 0.15) is 0 Å². The molecule has 0 saturated heterocycles. The molecule has 1 aromatic rings. The summed E-state index contributed by atoms with van der Waals surface area (Å²) >= 11 is -1.72. The van der Waals surface area contributed by atoms with E-state index in [9.17, 15) is 0 Å². The van der Waals surface area contributed by atoms with Crippen molar-refractivity contribution in [2.45, 2.75) is 27.9 Å². The molecule has 0 bridgehead atoms. The predicted molar refractivity (Wildman–Crippen MR) is 66.9 cm³/mol. The topological polar surface area (TPSA) is 0 Å². The minimum absolute atomic E-state index is 1.07. The van der Waals surface area contributed by atoms with Gasteiger partial charge in [-0.1, -0.05) is 0 Å². The Balaban J connectivity index is 3.08. The maximum atomic E-state index is 2.56. The van der Waals surface area contributed by atoms with Gasteiger partial charge >= 0.3 is 86.6 Å². The van der Waals surface area contributed by atoms with E-state index in [1.54, 1.807) is 5.19 Å². The van der Waals surface area contributed by atoms with Crippen molar-refractivity contribution in [3.63, 3.8) is 0 Å². The third-order valence-electron chi connectivity index (χ3n) is 3.37. The van der Waals surface area contributed by atoms with Crippen LogP contribution in [-0.2, 0) is 0 Å². The second-order valence-corrected chi connectivity index (χ2v) is 42.7. The zero-order valence-corrected chi connectivity index (χ0v) is 13.2. The van der Waals surface area contributed by atoms with Gasteiger partial charge in [0.2, 0.25) is 0 Å². The third kappa shape index (κ3) is 2.37. The monoisotopic (exact) mass is 300 g/mol. The molecule has 72 valence electrons. The molecule has 0 aromatic heterocycles. The van der Waals surface area contributed by atoms with Crippen LogP contribution in [0.15, 0.2) is 30.3 Å². The average molecular weight is 299 g/mol. The second-order valence-electron chi connectivity index (χ2n) is 5.24. The van der Waals surface area contributed by atoms with Gasteiger partial charge in [-0.05, 0) is 0 Å². The molecule has 0 aliphatic rings. The van der Waals surface area contributed by atoms with Gasteiger partial charge < -0.3 is 0 Å². The molecular weight excluding hydrogens is 279 g/mol. The number of rotatable bonds is 2. The van der Waals surface area contributed by atoms with Gasteiger partial charge in [0.25, 0.3) is 0 Å². The average Bonchev–Trinajstić information content (AvgIpc) is 2.04. The first-order valence-corrected chi connectivity index (χ1v) is 20.8. The fraction of sp³-hybridized carbons (Fsp3) is 0.455. The molecule has 0 N–H and O–H groups in total. The van der Waals surface area contributed by atoms with E-state index < -0.39 is 23.2 Å². The van der Waals surface area contributed by atoms with Gasteiger partial charge in [0.15, 0.2) is 0 Å². The van der Waals surface area contributed by atoms with E-state index in [-0.39, 0.29) is 0 Å². The SMILES string of the molecule is C[Si](C)(c1ccccc1)[Sn]([CH3])([CH3])[CH3]. The number of benzene rings is 1. The summed E-state index contributed by atoms with van der Waals surface area (Å²) in [5, 5.41) is 1.65. The molecule has 0 fully saturated rings. The number of hydrogen-bond acceptors (Lipinski definition) is 0. The fourth-order valence-electron chi connectivity index (χ4n) is 1.29. The quantitative estimate of drug-likeness (QED) is 0.736. The summed E-state index contributed by atoms with van der Waals surface area (Å²) in [6, 6.07) is 11.1. The van der Waals surface area contributed by atoms with Crippen molar-refractivity contribution in [1.29, 1.82) is 0 Å². The van der Waals surface area contributed by atoms with Gasteiger partial charge in [0, 0.05) is 0 Å². The Kier molecular flexibility index (Phi) is 3.28. The molecule has 13 heavy (non-hydrogen) atoms. The van der Waals surface area contributed by atoms with E-state index in [0.29, 0.717) is 0 Å². The van der Waals surface area contributed by atoms with Crippen LogP contribution in [0.25, 0.3) is 0 Å². The normalized spacial score (nSPS) is 13.0. The van der Waals surface area contributed by atoms with Crippen LogP contribution in [0.5, 0.6) is 0 Å². The summed E-state index contributed by atoms with van der Waals surface area (Å²) in [6.45, 7) is 5.08. The molecule has 1 aromatic carbocycles. The summed E-state index contributed by atoms with van der Waals surface area (Å²) in [7, 11) is 0. The zero-order chi connectivity index (χ0) is 10.1. The van der Waals surface area contributed by atoms with Crippen LogP contribution in [0.2, 0.25) is 27.9 Å². The van der Waals surface area contributed by atoms with Gasteiger partial charge in [-0.3, -0.25) is 0 Å². The van der Waals surface area contributed by atoms with Crippen molar-refractivity contribution in [3.8, 4) is 0 Å². The van der Waals surface area contributed by atoms with Crippen LogP contribution in [0.1, 0.15) is 0 Å². The molecule has 0 unspecified atom stereocenters. The molecule has 1 rings (SSSR count). The van der Waals surface area contributed by atoms with Crippen LogP contribution >= 0.6 is 0 Å².